The van der Waals surface area contributed by atoms with Gasteiger partial charge in [0.1, 0.15) is 6.61 Å². The van der Waals surface area contributed by atoms with Crippen molar-refractivity contribution in [1.29, 1.82) is 0 Å². The molecule has 1 N–H and O–H groups in total. The molecule has 6 heteroatoms. The fourth-order valence-electron chi connectivity index (χ4n) is 1.86. The Bertz CT molecular complexity index is 477. The molecule has 1 aromatic rings. The minimum absolute atomic E-state index is 0.107. The lowest BCUT2D eigenvalue weighted by Gasteiger charge is -2.20. The van der Waals surface area contributed by atoms with Gasteiger partial charge in [0.15, 0.2) is 0 Å². The molecule has 0 aromatic heterocycles. The van der Waals surface area contributed by atoms with E-state index in [4.69, 9.17) is 21.4 Å². The van der Waals surface area contributed by atoms with Crippen molar-refractivity contribution < 1.29 is 19.4 Å². The molecule has 1 fully saturated rings. The van der Waals surface area contributed by atoms with Crippen LogP contribution in [0.25, 0.3) is 0 Å². The van der Waals surface area contributed by atoms with Gasteiger partial charge in [-0.2, -0.15) is 0 Å². The summed E-state index contributed by atoms with van der Waals surface area (Å²) in [7, 11) is 0. The van der Waals surface area contributed by atoms with Gasteiger partial charge < -0.3 is 9.84 Å². The number of aliphatic carboxylic acids is 1. The average molecular weight is 270 g/mol. The second kappa shape index (κ2) is 5.27. The molecule has 0 bridgehead atoms. The fraction of sp³-hybridized carbons (Fsp3) is 0.333. The Kier molecular flexibility index (Phi) is 3.72. The van der Waals surface area contributed by atoms with Crippen LogP contribution in [0.1, 0.15) is 12.0 Å². The zero-order valence-corrected chi connectivity index (χ0v) is 10.3. The van der Waals surface area contributed by atoms with Gasteiger partial charge in [-0.05, 0) is 11.6 Å². The van der Waals surface area contributed by atoms with Gasteiger partial charge in [0.2, 0.25) is 0 Å². The van der Waals surface area contributed by atoms with E-state index in [2.05, 4.69) is 0 Å². The molecule has 1 aliphatic rings. The van der Waals surface area contributed by atoms with Crippen LogP contribution in [0.5, 0.6) is 0 Å². The number of rotatable bonds is 4. The summed E-state index contributed by atoms with van der Waals surface area (Å²) in [6.07, 6.45) is -0.628. The number of carboxylic acid groups (broad SMARTS) is 1. The van der Waals surface area contributed by atoms with Crippen molar-refractivity contribution in [3.63, 3.8) is 0 Å². The van der Waals surface area contributed by atoms with Crippen molar-refractivity contribution >= 4 is 23.7 Å². The molecule has 1 unspecified atom stereocenters. The molecule has 18 heavy (non-hydrogen) atoms. The Morgan fingerprint density at radius 3 is 2.89 bits per heavy atom. The molecule has 0 aliphatic carbocycles. The van der Waals surface area contributed by atoms with Crippen molar-refractivity contribution in [3.8, 4) is 0 Å². The summed E-state index contributed by atoms with van der Waals surface area (Å²) in [5, 5.41) is 9.33. The molecule has 1 atom stereocenters. The van der Waals surface area contributed by atoms with Crippen LogP contribution in [0.2, 0.25) is 5.02 Å². The van der Waals surface area contributed by atoms with Crippen LogP contribution in [0.3, 0.4) is 0 Å². The highest BCUT2D eigenvalue weighted by molar-refractivity contribution is 6.31. The van der Waals surface area contributed by atoms with E-state index in [1.54, 1.807) is 18.2 Å². The van der Waals surface area contributed by atoms with Crippen LogP contribution in [0.4, 0.5) is 4.79 Å². The van der Waals surface area contributed by atoms with E-state index in [-0.39, 0.29) is 19.6 Å². The molecular formula is C12H12ClNO4. The number of nitrogens with zero attached hydrogens (tertiary/aromatic N) is 1. The van der Waals surface area contributed by atoms with Crippen molar-refractivity contribution in [2.75, 3.05) is 6.61 Å². The number of halogens is 1. The molecule has 1 aromatic carbocycles. The lowest BCUT2D eigenvalue weighted by molar-refractivity contribution is -0.138. The summed E-state index contributed by atoms with van der Waals surface area (Å²) in [5.41, 5.74) is 0.772. The van der Waals surface area contributed by atoms with Crippen molar-refractivity contribution in [1.82, 2.24) is 4.90 Å². The minimum Gasteiger partial charge on any atom is -0.481 e. The smallest absolute Gasteiger partial charge is 0.410 e. The van der Waals surface area contributed by atoms with Crippen LogP contribution in [-0.4, -0.2) is 34.7 Å². The minimum atomic E-state index is -0.956. The number of ether oxygens (including phenoxy) is 1. The molecule has 0 radical (unpaired) electrons. The number of carbonyl (C=O) groups is 2. The lowest BCUT2D eigenvalue weighted by Crippen LogP contribution is -2.34. The summed E-state index contributed by atoms with van der Waals surface area (Å²) in [6, 6.07) is 6.69. The zero-order valence-electron chi connectivity index (χ0n) is 9.51. The molecule has 96 valence electrons. The van der Waals surface area contributed by atoms with E-state index in [0.29, 0.717) is 5.02 Å². The molecule has 0 spiro atoms. The fourth-order valence-corrected chi connectivity index (χ4v) is 2.06. The Balaban J connectivity index is 2.13. The Morgan fingerprint density at radius 2 is 2.22 bits per heavy atom. The van der Waals surface area contributed by atoms with Gasteiger partial charge >= 0.3 is 12.1 Å². The molecule has 0 saturated carbocycles. The number of benzene rings is 1. The Hall–Kier alpha value is -1.75. The highest BCUT2D eigenvalue weighted by Gasteiger charge is 2.34. The standard InChI is InChI=1S/C12H12ClNO4/c13-10-4-2-1-3-8(10)6-14-9(5-11(15)16)7-18-12(14)17/h1-4,9H,5-7H2,(H,15,16). The normalized spacial score (nSPS) is 18.8. The van der Waals surface area contributed by atoms with Gasteiger partial charge in [-0.1, -0.05) is 29.8 Å². The summed E-state index contributed by atoms with van der Waals surface area (Å²) >= 11 is 6.01. The predicted molar refractivity (Wildman–Crippen MR) is 64.4 cm³/mol. The van der Waals surface area contributed by atoms with Crippen LogP contribution in [0.15, 0.2) is 24.3 Å². The van der Waals surface area contributed by atoms with Gasteiger partial charge in [0.25, 0.3) is 0 Å². The number of hydrogen-bond donors (Lipinski definition) is 1. The number of hydrogen-bond acceptors (Lipinski definition) is 3. The monoisotopic (exact) mass is 269 g/mol. The Labute approximate surface area is 109 Å². The number of cyclic esters (lactones) is 1. The molecule has 1 aliphatic heterocycles. The Morgan fingerprint density at radius 1 is 1.50 bits per heavy atom. The highest BCUT2D eigenvalue weighted by atomic mass is 35.5. The average Bonchev–Trinajstić information content (AvgIpc) is 2.64. The summed E-state index contributed by atoms with van der Waals surface area (Å²) in [4.78, 5) is 23.7. The van der Waals surface area contributed by atoms with Crippen LogP contribution >= 0.6 is 11.6 Å². The van der Waals surface area contributed by atoms with Crippen LogP contribution < -0.4 is 0 Å². The van der Waals surface area contributed by atoms with Crippen LogP contribution in [-0.2, 0) is 16.1 Å². The quantitative estimate of drug-likeness (QED) is 0.909. The van der Waals surface area contributed by atoms with E-state index in [9.17, 15) is 9.59 Å². The molecule has 1 saturated heterocycles. The SMILES string of the molecule is O=C(O)CC1COC(=O)N1Cc1ccccc1Cl. The lowest BCUT2D eigenvalue weighted by atomic mass is 10.1. The van der Waals surface area contributed by atoms with Gasteiger partial charge in [-0.25, -0.2) is 4.79 Å². The molecule has 1 amide bonds. The first-order chi connectivity index (χ1) is 8.58. The predicted octanol–water partition coefficient (Wildman–Crippen LogP) is 2.14. The molecule has 1 heterocycles. The maximum Gasteiger partial charge on any atom is 0.410 e. The first-order valence-corrected chi connectivity index (χ1v) is 5.84. The van der Waals surface area contributed by atoms with E-state index in [1.807, 2.05) is 6.07 Å². The third kappa shape index (κ3) is 2.73. The molecular weight excluding hydrogens is 258 g/mol. The summed E-state index contributed by atoms with van der Waals surface area (Å²) < 4.78 is 4.87. The summed E-state index contributed by atoms with van der Waals surface area (Å²) in [5.74, 6) is -0.956. The van der Waals surface area contributed by atoms with Crippen LogP contribution in [0, 0.1) is 0 Å². The highest BCUT2D eigenvalue weighted by Crippen LogP contribution is 2.22. The third-order valence-corrected chi connectivity index (χ3v) is 3.15. The number of carbonyl (C=O) groups excluding carboxylic acids is 1. The number of amides is 1. The second-order valence-electron chi connectivity index (χ2n) is 4.05. The van der Waals surface area contributed by atoms with E-state index < -0.39 is 18.1 Å². The molecule has 5 nitrogen and oxygen atoms in total. The van der Waals surface area contributed by atoms with Crippen molar-refractivity contribution in [3.05, 3.63) is 34.9 Å². The second-order valence-corrected chi connectivity index (χ2v) is 4.46. The van der Waals surface area contributed by atoms with E-state index >= 15 is 0 Å². The van der Waals surface area contributed by atoms with Crippen molar-refractivity contribution in [2.24, 2.45) is 0 Å². The van der Waals surface area contributed by atoms with E-state index in [1.165, 1.54) is 4.90 Å². The van der Waals surface area contributed by atoms with Gasteiger partial charge in [-0.3, -0.25) is 9.69 Å². The van der Waals surface area contributed by atoms with E-state index in [0.717, 1.165) is 5.56 Å². The topological polar surface area (TPSA) is 66.8 Å². The first-order valence-electron chi connectivity index (χ1n) is 5.46. The van der Waals surface area contributed by atoms with Gasteiger partial charge in [0.05, 0.1) is 19.0 Å². The van der Waals surface area contributed by atoms with Crippen molar-refractivity contribution in [2.45, 2.75) is 19.0 Å². The maximum atomic E-state index is 11.5. The largest absolute Gasteiger partial charge is 0.481 e. The molecule has 2 rings (SSSR count). The summed E-state index contributed by atoms with van der Waals surface area (Å²) in [6.45, 7) is 0.367. The maximum absolute atomic E-state index is 11.5. The third-order valence-electron chi connectivity index (χ3n) is 2.78. The number of carboxylic acids is 1. The van der Waals surface area contributed by atoms with Gasteiger partial charge in [0, 0.05) is 5.02 Å². The van der Waals surface area contributed by atoms with Gasteiger partial charge in [-0.15, -0.1) is 0 Å². The first kappa shape index (κ1) is 12.7. The zero-order chi connectivity index (χ0) is 13.1.